The Balaban J connectivity index is 1.64. The Morgan fingerprint density at radius 1 is 1.35 bits per heavy atom. The van der Waals surface area contributed by atoms with Crippen molar-refractivity contribution in [3.05, 3.63) is 34.9 Å². The lowest BCUT2D eigenvalue weighted by Gasteiger charge is -2.18. The highest BCUT2D eigenvalue weighted by Gasteiger charge is 2.40. The van der Waals surface area contributed by atoms with Crippen molar-refractivity contribution in [1.29, 1.82) is 0 Å². The summed E-state index contributed by atoms with van der Waals surface area (Å²) < 4.78 is 0. The van der Waals surface area contributed by atoms with Crippen LogP contribution in [0.25, 0.3) is 0 Å². The highest BCUT2D eigenvalue weighted by Crippen LogP contribution is 2.44. The molecule has 1 aromatic rings. The van der Waals surface area contributed by atoms with Gasteiger partial charge in [-0.25, -0.2) is 0 Å². The molecule has 3 rings (SSSR count). The fraction of sp³-hybridized carbons (Fsp3) is 0.562. The Hall–Kier alpha value is -1.55. The number of hydrogen-bond acceptors (Lipinski definition) is 3. The van der Waals surface area contributed by atoms with E-state index in [2.05, 4.69) is 23.5 Å². The van der Waals surface area contributed by atoms with Gasteiger partial charge in [0.25, 0.3) is 0 Å². The first kappa shape index (κ1) is 13.4. The van der Waals surface area contributed by atoms with Crippen molar-refractivity contribution in [2.45, 2.75) is 45.2 Å². The molecule has 108 valence electrons. The molecule has 0 bridgehead atoms. The number of rotatable bonds is 6. The molecule has 4 heteroatoms. The zero-order valence-electron chi connectivity index (χ0n) is 12.0. The van der Waals surface area contributed by atoms with Gasteiger partial charge in [0.1, 0.15) is 0 Å². The van der Waals surface area contributed by atoms with Crippen molar-refractivity contribution in [3.63, 3.8) is 0 Å². The van der Waals surface area contributed by atoms with Gasteiger partial charge in [-0.1, -0.05) is 17.3 Å². The summed E-state index contributed by atoms with van der Waals surface area (Å²) in [5.41, 5.74) is 8.87. The van der Waals surface area contributed by atoms with E-state index in [-0.39, 0.29) is 5.84 Å². The molecule has 0 spiro atoms. The molecule has 0 amide bonds. The van der Waals surface area contributed by atoms with E-state index < -0.39 is 0 Å². The molecule has 20 heavy (non-hydrogen) atoms. The molecule has 0 unspecified atom stereocenters. The van der Waals surface area contributed by atoms with Crippen LogP contribution in [0.5, 0.6) is 0 Å². The van der Waals surface area contributed by atoms with Gasteiger partial charge in [0.05, 0.1) is 0 Å². The predicted molar refractivity (Wildman–Crippen MR) is 79.8 cm³/mol. The number of oxime groups is 1. The standard InChI is InChI=1S/C16H23N3O/c1-10-8-13(16(17)19-20)6-7-14(10)9-18-15(11-2-3-11)12-4-5-12/h6-8,11-12,15,18,20H,2-5,9H2,1H3,(H2,17,19). The fourth-order valence-electron chi connectivity index (χ4n) is 2.97. The SMILES string of the molecule is Cc1cc(/C(N)=N/O)ccc1CNC(C1CC1)C1CC1. The van der Waals surface area contributed by atoms with E-state index >= 15 is 0 Å². The second-order valence-corrected chi connectivity index (χ2v) is 6.21. The van der Waals surface area contributed by atoms with Crippen molar-refractivity contribution in [2.75, 3.05) is 0 Å². The number of nitrogens with zero attached hydrogens (tertiary/aromatic N) is 1. The second-order valence-electron chi connectivity index (χ2n) is 6.21. The third kappa shape index (κ3) is 2.96. The van der Waals surface area contributed by atoms with Gasteiger partial charge < -0.3 is 16.3 Å². The van der Waals surface area contributed by atoms with E-state index in [0.29, 0.717) is 0 Å². The number of amidine groups is 1. The molecule has 4 nitrogen and oxygen atoms in total. The van der Waals surface area contributed by atoms with Crippen LogP contribution in [0.4, 0.5) is 0 Å². The van der Waals surface area contributed by atoms with Gasteiger partial charge in [-0.05, 0) is 61.6 Å². The van der Waals surface area contributed by atoms with Crippen LogP contribution in [0.3, 0.4) is 0 Å². The molecule has 2 saturated carbocycles. The topological polar surface area (TPSA) is 70.6 Å². The largest absolute Gasteiger partial charge is 0.409 e. The van der Waals surface area contributed by atoms with E-state index in [1.807, 2.05) is 12.1 Å². The quantitative estimate of drug-likeness (QED) is 0.322. The van der Waals surface area contributed by atoms with Gasteiger partial charge >= 0.3 is 0 Å². The molecular formula is C16H23N3O. The molecule has 2 fully saturated rings. The van der Waals surface area contributed by atoms with Crippen LogP contribution >= 0.6 is 0 Å². The molecule has 0 aliphatic heterocycles. The summed E-state index contributed by atoms with van der Waals surface area (Å²) in [5.74, 6) is 2.00. The van der Waals surface area contributed by atoms with Crippen LogP contribution in [0.1, 0.15) is 42.4 Å². The highest BCUT2D eigenvalue weighted by atomic mass is 16.4. The van der Waals surface area contributed by atoms with Crippen LogP contribution in [0.2, 0.25) is 0 Å². The van der Waals surface area contributed by atoms with Crippen molar-refractivity contribution < 1.29 is 5.21 Å². The molecule has 2 aliphatic rings. The van der Waals surface area contributed by atoms with Crippen LogP contribution in [-0.2, 0) is 6.54 Å². The average Bonchev–Trinajstić information content (AvgIpc) is 3.32. The first-order valence-electron chi connectivity index (χ1n) is 7.50. The fourth-order valence-corrected chi connectivity index (χ4v) is 2.97. The second kappa shape index (κ2) is 5.44. The smallest absolute Gasteiger partial charge is 0.170 e. The lowest BCUT2D eigenvalue weighted by molar-refractivity contribution is 0.318. The number of aryl methyl sites for hydroxylation is 1. The Morgan fingerprint density at radius 3 is 2.50 bits per heavy atom. The minimum atomic E-state index is 0.168. The van der Waals surface area contributed by atoms with Gasteiger partial charge in [-0.3, -0.25) is 0 Å². The molecule has 0 saturated heterocycles. The summed E-state index contributed by atoms with van der Waals surface area (Å²) >= 11 is 0. The number of nitrogens with one attached hydrogen (secondary N) is 1. The van der Waals surface area contributed by atoms with E-state index in [4.69, 9.17) is 10.9 Å². The number of benzene rings is 1. The minimum Gasteiger partial charge on any atom is -0.409 e. The average molecular weight is 273 g/mol. The monoisotopic (exact) mass is 273 g/mol. The van der Waals surface area contributed by atoms with Gasteiger partial charge in [0.2, 0.25) is 0 Å². The van der Waals surface area contributed by atoms with Crippen molar-refractivity contribution in [3.8, 4) is 0 Å². The van der Waals surface area contributed by atoms with Crippen LogP contribution in [0.15, 0.2) is 23.4 Å². The maximum Gasteiger partial charge on any atom is 0.170 e. The maximum atomic E-state index is 8.71. The lowest BCUT2D eigenvalue weighted by atomic mass is 10.0. The van der Waals surface area contributed by atoms with Gasteiger partial charge in [-0.15, -0.1) is 0 Å². The Morgan fingerprint density at radius 2 is 2.00 bits per heavy atom. The lowest BCUT2D eigenvalue weighted by Crippen LogP contribution is -2.32. The van der Waals surface area contributed by atoms with E-state index in [1.54, 1.807) is 0 Å². The third-order valence-corrected chi connectivity index (χ3v) is 4.53. The van der Waals surface area contributed by atoms with Gasteiger partial charge in [-0.2, -0.15) is 0 Å². The minimum absolute atomic E-state index is 0.168. The van der Waals surface area contributed by atoms with Gasteiger partial charge in [0.15, 0.2) is 5.84 Å². The van der Waals surface area contributed by atoms with Gasteiger partial charge in [0, 0.05) is 18.2 Å². The Bertz CT molecular complexity index is 506. The molecule has 4 N–H and O–H groups in total. The zero-order valence-corrected chi connectivity index (χ0v) is 12.0. The summed E-state index contributed by atoms with van der Waals surface area (Å²) in [6.45, 7) is 2.99. The first-order chi connectivity index (χ1) is 9.69. The van der Waals surface area contributed by atoms with Crippen LogP contribution < -0.4 is 11.1 Å². The maximum absolute atomic E-state index is 8.71. The molecule has 1 aromatic carbocycles. The van der Waals surface area contributed by atoms with Crippen molar-refractivity contribution in [1.82, 2.24) is 5.32 Å². The summed E-state index contributed by atoms with van der Waals surface area (Å²) in [6, 6.07) is 6.70. The molecule has 0 aromatic heterocycles. The van der Waals surface area contributed by atoms with Crippen molar-refractivity contribution in [2.24, 2.45) is 22.7 Å². The normalized spacial score (nSPS) is 19.6. The van der Waals surface area contributed by atoms with Crippen molar-refractivity contribution >= 4 is 5.84 Å². The van der Waals surface area contributed by atoms with E-state index in [1.165, 1.54) is 36.8 Å². The highest BCUT2D eigenvalue weighted by molar-refractivity contribution is 5.97. The molecular weight excluding hydrogens is 250 g/mol. The zero-order chi connectivity index (χ0) is 14.1. The van der Waals surface area contributed by atoms with E-state index in [9.17, 15) is 0 Å². The predicted octanol–water partition coefficient (Wildman–Crippen LogP) is 2.37. The van der Waals surface area contributed by atoms with E-state index in [0.717, 1.165) is 30.0 Å². The summed E-state index contributed by atoms with van der Waals surface area (Å²) in [5, 5.41) is 15.5. The van der Waals surface area contributed by atoms with Crippen LogP contribution in [-0.4, -0.2) is 17.1 Å². The summed E-state index contributed by atoms with van der Waals surface area (Å²) in [4.78, 5) is 0. The number of nitrogens with two attached hydrogens (primary N) is 1. The Labute approximate surface area is 120 Å². The summed E-state index contributed by atoms with van der Waals surface area (Å²) in [6.07, 6.45) is 5.59. The Kier molecular flexibility index (Phi) is 3.66. The molecule has 2 aliphatic carbocycles. The molecule has 0 radical (unpaired) electrons. The molecule has 0 atom stereocenters. The third-order valence-electron chi connectivity index (χ3n) is 4.53. The molecule has 0 heterocycles. The summed E-state index contributed by atoms with van der Waals surface area (Å²) in [7, 11) is 0. The number of hydrogen-bond donors (Lipinski definition) is 3. The first-order valence-corrected chi connectivity index (χ1v) is 7.50. The van der Waals surface area contributed by atoms with Crippen LogP contribution in [0, 0.1) is 18.8 Å².